The summed E-state index contributed by atoms with van der Waals surface area (Å²) in [6, 6.07) is 9.71. The fourth-order valence-corrected chi connectivity index (χ4v) is 3.70. The Morgan fingerprint density at radius 1 is 1.25 bits per heavy atom. The van der Waals surface area contributed by atoms with Gasteiger partial charge in [0.25, 0.3) is 10.0 Å². The van der Waals surface area contributed by atoms with Crippen molar-refractivity contribution < 1.29 is 8.42 Å². The van der Waals surface area contributed by atoms with Crippen molar-refractivity contribution in [1.29, 1.82) is 0 Å². The topological polar surface area (TPSA) is 72.2 Å². The second-order valence-corrected chi connectivity index (χ2v) is 7.11. The number of halogens is 2. The van der Waals surface area contributed by atoms with Gasteiger partial charge in [-0.3, -0.25) is 4.72 Å². The number of benzene rings is 2. The van der Waals surface area contributed by atoms with Crippen LogP contribution in [-0.2, 0) is 10.0 Å². The van der Waals surface area contributed by atoms with Gasteiger partial charge in [0.1, 0.15) is 4.90 Å². The van der Waals surface area contributed by atoms with Gasteiger partial charge in [0.15, 0.2) is 0 Å². The highest BCUT2D eigenvalue weighted by atomic mass is 79.9. The minimum atomic E-state index is -3.83. The van der Waals surface area contributed by atoms with E-state index in [2.05, 4.69) is 20.7 Å². The first-order valence-electron chi connectivity index (χ1n) is 5.64. The minimum absolute atomic E-state index is 0.0892. The predicted octanol–water partition coefficient (Wildman–Crippen LogP) is 3.79. The highest BCUT2D eigenvalue weighted by Crippen LogP contribution is 2.29. The molecule has 2 aromatic rings. The number of hydrogen-bond donors (Lipinski definition) is 2. The molecule has 0 amide bonds. The maximum atomic E-state index is 12.4. The van der Waals surface area contributed by atoms with Gasteiger partial charge in [0.2, 0.25) is 0 Å². The van der Waals surface area contributed by atoms with Crippen molar-refractivity contribution in [3.8, 4) is 0 Å². The lowest BCUT2D eigenvalue weighted by Crippen LogP contribution is -2.15. The molecule has 0 aliphatic heterocycles. The lowest BCUT2D eigenvalue weighted by atomic mass is 10.2. The first kappa shape index (κ1) is 15.2. The Bertz CT molecular complexity index is 743. The van der Waals surface area contributed by atoms with E-state index in [-0.39, 0.29) is 15.6 Å². The van der Waals surface area contributed by atoms with Crippen molar-refractivity contribution in [2.75, 3.05) is 10.5 Å². The molecule has 2 aromatic carbocycles. The minimum Gasteiger partial charge on any atom is -0.398 e. The zero-order valence-corrected chi connectivity index (χ0v) is 13.7. The van der Waals surface area contributed by atoms with Gasteiger partial charge in [-0.2, -0.15) is 0 Å². The largest absolute Gasteiger partial charge is 0.398 e. The van der Waals surface area contributed by atoms with E-state index in [9.17, 15) is 8.42 Å². The molecule has 0 saturated heterocycles. The normalized spacial score (nSPS) is 11.3. The van der Waals surface area contributed by atoms with Crippen molar-refractivity contribution in [3.05, 3.63) is 51.5 Å². The van der Waals surface area contributed by atoms with Crippen LogP contribution in [0.3, 0.4) is 0 Å². The van der Waals surface area contributed by atoms with E-state index >= 15 is 0 Å². The molecule has 20 heavy (non-hydrogen) atoms. The third-order valence-electron chi connectivity index (χ3n) is 2.68. The zero-order chi connectivity index (χ0) is 14.9. The van der Waals surface area contributed by atoms with Crippen LogP contribution in [0, 0.1) is 6.92 Å². The highest BCUT2D eigenvalue weighted by Gasteiger charge is 2.21. The first-order chi connectivity index (χ1) is 9.31. The van der Waals surface area contributed by atoms with Crippen molar-refractivity contribution >= 4 is 48.9 Å². The molecule has 0 aliphatic rings. The molecule has 106 valence electrons. The molecule has 2 rings (SSSR count). The lowest BCUT2D eigenvalue weighted by Gasteiger charge is -2.12. The van der Waals surface area contributed by atoms with Crippen LogP contribution in [0.15, 0.2) is 45.8 Å². The van der Waals surface area contributed by atoms with Crippen molar-refractivity contribution in [1.82, 2.24) is 0 Å². The molecule has 0 saturated carbocycles. The molecule has 3 N–H and O–H groups in total. The lowest BCUT2D eigenvalue weighted by molar-refractivity contribution is 0.601. The summed E-state index contributed by atoms with van der Waals surface area (Å²) >= 11 is 9.29. The summed E-state index contributed by atoms with van der Waals surface area (Å²) in [6.45, 7) is 1.87. The summed E-state index contributed by atoms with van der Waals surface area (Å²) in [5.41, 5.74) is 7.18. The molecule has 0 aliphatic carbocycles. The SMILES string of the molecule is Cc1cc(NS(=O)(=O)c2c(N)cccc2Cl)ccc1Br. The molecule has 7 heteroatoms. The average molecular weight is 376 g/mol. The molecule has 0 radical (unpaired) electrons. The average Bonchev–Trinajstić information content (AvgIpc) is 2.33. The van der Waals surface area contributed by atoms with Gasteiger partial charge in [-0.1, -0.05) is 33.6 Å². The smallest absolute Gasteiger partial charge is 0.265 e. The van der Waals surface area contributed by atoms with Crippen molar-refractivity contribution in [2.24, 2.45) is 0 Å². The Hall–Kier alpha value is -1.24. The monoisotopic (exact) mass is 374 g/mol. The second kappa shape index (κ2) is 5.63. The summed E-state index contributed by atoms with van der Waals surface area (Å²) in [7, 11) is -3.83. The molecule has 0 bridgehead atoms. The van der Waals surface area contributed by atoms with E-state index in [0.29, 0.717) is 5.69 Å². The third kappa shape index (κ3) is 3.08. The van der Waals surface area contributed by atoms with Crippen molar-refractivity contribution in [2.45, 2.75) is 11.8 Å². The molecular formula is C13H12BrClN2O2S. The third-order valence-corrected chi connectivity index (χ3v) is 5.49. The molecular weight excluding hydrogens is 364 g/mol. The van der Waals surface area contributed by atoms with Gasteiger partial charge in [0, 0.05) is 10.2 Å². The summed E-state index contributed by atoms with van der Waals surface area (Å²) in [5, 5.41) is 0.0892. The van der Waals surface area contributed by atoms with Crippen molar-refractivity contribution in [3.63, 3.8) is 0 Å². The number of hydrogen-bond acceptors (Lipinski definition) is 3. The summed E-state index contributed by atoms with van der Waals surface area (Å²) in [4.78, 5) is -0.109. The van der Waals surface area contributed by atoms with Crippen LogP contribution in [0.2, 0.25) is 5.02 Å². The summed E-state index contributed by atoms with van der Waals surface area (Å²) in [5.74, 6) is 0. The molecule has 0 heterocycles. The second-order valence-electron chi connectivity index (χ2n) is 4.23. The number of nitrogens with one attached hydrogen (secondary N) is 1. The van der Waals surface area contributed by atoms with Crippen LogP contribution in [0.4, 0.5) is 11.4 Å². The fraction of sp³-hybridized carbons (Fsp3) is 0.0769. The molecule has 0 aromatic heterocycles. The van der Waals surface area contributed by atoms with Crippen LogP contribution >= 0.6 is 27.5 Å². The van der Waals surface area contributed by atoms with Gasteiger partial charge < -0.3 is 5.73 Å². The van der Waals surface area contributed by atoms with Crippen LogP contribution in [-0.4, -0.2) is 8.42 Å². The molecule has 0 unspecified atom stereocenters. The molecule has 4 nitrogen and oxygen atoms in total. The number of nitrogen functional groups attached to an aromatic ring is 1. The molecule has 0 atom stereocenters. The van der Waals surface area contributed by atoms with Gasteiger partial charge in [-0.05, 0) is 42.8 Å². The maximum absolute atomic E-state index is 12.4. The van der Waals surface area contributed by atoms with Gasteiger partial charge in [-0.15, -0.1) is 0 Å². The molecule has 0 fully saturated rings. The number of rotatable bonds is 3. The van der Waals surface area contributed by atoms with E-state index < -0.39 is 10.0 Å². The zero-order valence-electron chi connectivity index (χ0n) is 10.5. The van der Waals surface area contributed by atoms with E-state index in [0.717, 1.165) is 10.0 Å². The van der Waals surface area contributed by atoms with E-state index in [1.54, 1.807) is 24.3 Å². The van der Waals surface area contributed by atoms with E-state index in [1.807, 2.05) is 6.92 Å². The van der Waals surface area contributed by atoms with Crippen LogP contribution < -0.4 is 10.5 Å². The Kier molecular flexibility index (Phi) is 4.27. The maximum Gasteiger partial charge on any atom is 0.265 e. The summed E-state index contributed by atoms with van der Waals surface area (Å²) in [6.07, 6.45) is 0. The highest BCUT2D eigenvalue weighted by molar-refractivity contribution is 9.10. The summed E-state index contributed by atoms with van der Waals surface area (Å²) < 4.78 is 28.1. The number of sulfonamides is 1. The molecule has 0 spiro atoms. The Morgan fingerprint density at radius 3 is 2.55 bits per heavy atom. The van der Waals surface area contributed by atoms with E-state index in [4.69, 9.17) is 17.3 Å². The number of aryl methyl sites for hydroxylation is 1. The van der Waals surface area contributed by atoms with E-state index in [1.165, 1.54) is 12.1 Å². The Labute approximate surface area is 131 Å². The first-order valence-corrected chi connectivity index (χ1v) is 8.29. The van der Waals surface area contributed by atoms with Gasteiger partial charge in [-0.25, -0.2) is 8.42 Å². The van der Waals surface area contributed by atoms with Gasteiger partial charge in [0.05, 0.1) is 10.7 Å². The Balaban J connectivity index is 2.43. The number of nitrogens with two attached hydrogens (primary N) is 1. The fourth-order valence-electron chi connectivity index (χ4n) is 1.72. The number of anilines is 2. The van der Waals surface area contributed by atoms with Crippen LogP contribution in [0.25, 0.3) is 0 Å². The quantitative estimate of drug-likeness (QED) is 0.802. The predicted molar refractivity (Wildman–Crippen MR) is 85.6 cm³/mol. The standard InChI is InChI=1S/C13H12BrClN2O2S/c1-8-7-9(5-6-10(8)14)17-20(18,19)13-11(15)3-2-4-12(13)16/h2-7,17H,16H2,1H3. The Morgan fingerprint density at radius 2 is 1.95 bits per heavy atom. The van der Waals surface area contributed by atoms with Crippen LogP contribution in [0.1, 0.15) is 5.56 Å². The van der Waals surface area contributed by atoms with Crippen LogP contribution in [0.5, 0.6) is 0 Å². The van der Waals surface area contributed by atoms with Gasteiger partial charge >= 0.3 is 0 Å².